The van der Waals surface area contributed by atoms with Crippen LogP contribution in [0.2, 0.25) is 10.0 Å². The molecule has 0 saturated carbocycles. The molecule has 2 amide bonds. The first-order chi connectivity index (χ1) is 16.8. The summed E-state index contributed by atoms with van der Waals surface area (Å²) in [6.45, 7) is 6.23. The summed E-state index contributed by atoms with van der Waals surface area (Å²) < 4.78 is 0. The Bertz CT molecular complexity index is 1150. The minimum atomic E-state index is -0.682. The summed E-state index contributed by atoms with van der Waals surface area (Å²) in [4.78, 5) is 29.0. The molecular weight excluding hydrogens is 479 g/mol. The molecule has 0 heterocycles. The predicted octanol–water partition coefficient (Wildman–Crippen LogP) is 6.40. The van der Waals surface area contributed by atoms with Crippen LogP contribution in [0.25, 0.3) is 0 Å². The van der Waals surface area contributed by atoms with Crippen LogP contribution in [0.15, 0.2) is 72.8 Å². The molecule has 0 bridgehead atoms. The van der Waals surface area contributed by atoms with Gasteiger partial charge >= 0.3 is 0 Å². The Balaban J connectivity index is 1.99. The number of hydrogen-bond donors (Lipinski definition) is 1. The highest BCUT2D eigenvalue weighted by atomic mass is 35.5. The third-order valence-corrected chi connectivity index (χ3v) is 6.79. The largest absolute Gasteiger partial charge is 0.352 e. The summed E-state index contributed by atoms with van der Waals surface area (Å²) in [6, 6.07) is 22.3. The molecule has 0 aliphatic carbocycles. The molecule has 2 atom stereocenters. The van der Waals surface area contributed by atoms with Gasteiger partial charge in [0.15, 0.2) is 0 Å². The molecule has 3 aromatic carbocycles. The molecule has 3 aromatic rings. The van der Waals surface area contributed by atoms with E-state index in [2.05, 4.69) is 5.32 Å². The van der Waals surface area contributed by atoms with Gasteiger partial charge in [-0.05, 0) is 49.1 Å². The number of carbonyl (C=O) groups excluding carboxylic acids is 2. The Kier molecular flexibility index (Phi) is 9.76. The highest BCUT2D eigenvalue weighted by Crippen LogP contribution is 2.25. The maximum atomic E-state index is 13.8. The van der Waals surface area contributed by atoms with Gasteiger partial charge in [0.2, 0.25) is 11.8 Å². The van der Waals surface area contributed by atoms with E-state index in [1.54, 1.807) is 17.0 Å². The monoisotopic (exact) mass is 510 g/mol. The highest BCUT2D eigenvalue weighted by molar-refractivity contribution is 6.42. The molecule has 184 valence electrons. The molecule has 6 heteroatoms. The lowest BCUT2D eigenvalue weighted by molar-refractivity contribution is -0.141. The molecule has 0 spiro atoms. The zero-order valence-electron chi connectivity index (χ0n) is 20.4. The Labute approximate surface area is 218 Å². The lowest BCUT2D eigenvalue weighted by Gasteiger charge is -2.32. The molecule has 3 rings (SSSR count). The van der Waals surface area contributed by atoms with Crippen molar-refractivity contribution in [2.24, 2.45) is 0 Å². The van der Waals surface area contributed by atoms with Crippen molar-refractivity contribution in [3.05, 3.63) is 105 Å². The number of halogens is 2. The Hall–Kier alpha value is -2.82. The second kappa shape index (κ2) is 12.8. The summed E-state index contributed by atoms with van der Waals surface area (Å²) in [5, 5.41) is 3.95. The lowest BCUT2D eigenvalue weighted by Crippen LogP contribution is -2.52. The van der Waals surface area contributed by atoms with Crippen LogP contribution in [0.3, 0.4) is 0 Å². The fourth-order valence-electron chi connectivity index (χ4n) is 3.93. The number of hydrogen-bond acceptors (Lipinski definition) is 2. The van der Waals surface area contributed by atoms with E-state index in [4.69, 9.17) is 23.2 Å². The van der Waals surface area contributed by atoms with Crippen molar-refractivity contribution >= 4 is 35.0 Å². The van der Waals surface area contributed by atoms with E-state index in [0.29, 0.717) is 16.5 Å². The van der Waals surface area contributed by atoms with Crippen LogP contribution in [0.5, 0.6) is 0 Å². The number of nitrogens with one attached hydrogen (secondary N) is 1. The predicted molar refractivity (Wildman–Crippen MR) is 144 cm³/mol. The van der Waals surface area contributed by atoms with Crippen LogP contribution in [0.1, 0.15) is 42.5 Å². The summed E-state index contributed by atoms with van der Waals surface area (Å²) in [6.07, 6.45) is 1.41. The molecule has 0 aromatic heterocycles. The van der Waals surface area contributed by atoms with Crippen molar-refractivity contribution in [2.75, 3.05) is 0 Å². The van der Waals surface area contributed by atoms with Crippen LogP contribution in [0, 0.1) is 6.92 Å². The molecule has 0 unspecified atom stereocenters. The van der Waals surface area contributed by atoms with Crippen molar-refractivity contribution in [1.29, 1.82) is 0 Å². The van der Waals surface area contributed by atoms with Crippen LogP contribution < -0.4 is 5.32 Å². The first-order valence-corrected chi connectivity index (χ1v) is 12.7. The molecule has 35 heavy (non-hydrogen) atoms. The third kappa shape index (κ3) is 7.84. The summed E-state index contributed by atoms with van der Waals surface area (Å²) >= 11 is 12.4. The number of benzene rings is 3. The zero-order chi connectivity index (χ0) is 25.4. The fourth-order valence-corrected chi connectivity index (χ4v) is 4.25. The molecule has 0 aliphatic rings. The smallest absolute Gasteiger partial charge is 0.243 e. The van der Waals surface area contributed by atoms with Gasteiger partial charge in [-0.15, -0.1) is 0 Å². The molecule has 1 N–H and O–H groups in total. The van der Waals surface area contributed by atoms with Gasteiger partial charge in [-0.25, -0.2) is 0 Å². The highest BCUT2D eigenvalue weighted by Gasteiger charge is 2.31. The maximum absolute atomic E-state index is 13.8. The topological polar surface area (TPSA) is 49.4 Å². The van der Waals surface area contributed by atoms with E-state index in [1.807, 2.05) is 81.4 Å². The summed E-state index contributed by atoms with van der Waals surface area (Å²) in [5.41, 5.74) is 3.79. The van der Waals surface area contributed by atoms with Crippen LogP contribution in [0.4, 0.5) is 0 Å². The summed E-state index contributed by atoms with van der Waals surface area (Å²) in [7, 11) is 0. The average molecular weight is 511 g/mol. The Morgan fingerprint density at radius 1 is 0.886 bits per heavy atom. The van der Waals surface area contributed by atoms with E-state index in [9.17, 15) is 9.59 Å². The van der Waals surface area contributed by atoms with Gasteiger partial charge in [0.25, 0.3) is 0 Å². The van der Waals surface area contributed by atoms with E-state index < -0.39 is 6.04 Å². The first-order valence-electron chi connectivity index (χ1n) is 11.9. The van der Waals surface area contributed by atoms with Crippen molar-refractivity contribution in [3.8, 4) is 0 Å². The normalized spacial score (nSPS) is 12.6. The Morgan fingerprint density at radius 2 is 1.60 bits per heavy atom. The Morgan fingerprint density at radius 3 is 2.26 bits per heavy atom. The van der Waals surface area contributed by atoms with E-state index in [1.165, 1.54) is 0 Å². The van der Waals surface area contributed by atoms with Gasteiger partial charge in [0, 0.05) is 19.0 Å². The van der Waals surface area contributed by atoms with Gasteiger partial charge in [-0.1, -0.05) is 96.4 Å². The van der Waals surface area contributed by atoms with Crippen LogP contribution in [-0.2, 0) is 29.0 Å². The van der Waals surface area contributed by atoms with Gasteiger partial charge in [-0.3, -0.25) is 9.59 Å². The third-order valence-electron chi connectivity index (χ3n) is 6.05. The van der Waals surface area contributed by atoms with Gasteiger partial charge in [-0.2, -0.15) is 0 Å². The van der Waals surface area contributed by atoms with Crippen molar-refractivity contribution in [1.82, 2.24) is 10.2 Å². The van der Waals surface area contributed by atoms with Crippen LogP contribution >= 0.6 is 23.2 Å². The maximum Gasteiger partial charge on any atom is 0.243 e. The second-order valence-electron chi connectivity index (χ2n) is 8.96. The average Bonchev–Trinajstić information content (AvgIpc) is 2.84. The summed E-state index contributed by atoms with van der Waals surface area (Å²) in [5.74, 6) is -0.289. The standard InChI is InChI=1S/C29H32Cl2N2O2/c1-4-21(3)32-29(35)27(17-22-10-6-5-7-11-22)33(19-24-13-14-25(30)26(31)16-24)28(34)18-23-12-8-9-20(2)15-23/h5-16,21,27H,4,17-19H2,1-3H3,(H,32,35)/t21-,27+/m1/s1. The van der Waals surface area contributed by atoms with E-state index >= 15 is 0 Å². The molecule has 0 saturated heterocycles. The SMILES string of the molecule is CC[C@@H](C)NC(=O)[C@H](Cc1ccccc1)N(Cc1ccc(Cl)c(Cl)c1)C(=O)Cc1cccc(C)c1. The van der Waals surface area contributed by atoms with E-state index in [0.717, 1.165) is 28.7 Å². The zero-order valence-corrected chi connectivity index (χ0v) is 21.9. The van der Waals surface area contributed by atoms with Gasteiger partial charge in [0.1, 0.15) is 6.04 Å². The molecule has 0 aliphatic heterocycles. The second-order valence-corrected chi connectivity index (χ2v) is 9.77. The minimum absolute atomic E-state index is 0.000486. The molecular formula is C29H32Cl2N2O2. The van der Waals surface area contributed by atoms with E-state index in [-0.39, 0.29) is 30.8 Å². The minimum Gasteiger partial charge on any atom is -0.352 e. The lowest BCUT2D eigenvalue weighted by atomic mass is 10.0. The first kappa shape index (κ1) is 26.8. The number of nitrogens with zero attached hydrogens (tertiary/aromatic N) is 1. The number of aryl methyl sites for hydroxylation is 1. The van der Waals surface area contributed by atoms with Crippen LogP contribution in [-0.4, -0.2) is 28.8 Å². The quantitative estimate of drug-likeness (QED) is 0.343. The van der Waals surface area contributed by atoms with Gasteiger partial charge in [0.05, 0.1) is 16.5 Å². The number of rotatable bonds is 10. The van der Waals surface area contributed by atoms with Crippen molar-refractivity contribution < 1.29 is 9.59 Å². The van der Waals surface area contributed by atoms with Crippen molar-refractivity contribution in [2.45, 2.75) is 58.7 Å². The molecule has 0 radical (unpaired) electrons. The van der Waals surface area contributed by atoms with Crippen molar-refractivity contribution in [3.63, 3.8) is 0 Å². The number of carbonyl (C=O) groups is 2. The molecule has 0 fully saturated rings. The fraction of sp³-hybridized carbons (Fsp3) is 0.310. The van der Waals surface area contributed by atoms with Gasteiger partial charge < -0.3 is 10.2 Å². The number of amides is 2. The molecule has 4 nitrogen and oxygen atoms in total.